The summed E-state index contributed by atoms with van der Waals surface area (Å²) in [5, 5.41) is 6.53. The molecule has 0 bridgehead atoms. The van der Waals surface area contributed by atoms with Crippen molar-refractivity contribution < 1.29 is 4.79 Å². The van der Waals surface area contributed by atoms with Crippen molar-refractivity contribution in [1.82, 2.24) is 14.5 Å². The number of rotatable bonds is 7. The molecule has 166 valence electrons. The lowest BCUT2D eigenvalue weighted by atomic mass is 10.1. The molecule has 0 aliphatic rings. The lowest BCUT2D eigenvalue weighted by Gasteiger charge is -2.12. The lowest BCUT2D eigenvalue weighted by Crippen LogP contribution is -2.24. The summed E-state index contributed by atoms with van der Waals surface area (Å²) in [4.78, 5) is 37.0. The fourth-order valence-electron chi connectivity index (χ4n) is 3.40. The second-order valence-electron chi connectivity index (χ2n) is 7.59. The quantitative estimate of drug-likeness (QED) is 0.289. The predicted molar refractivity (Wildman–Crippen MR) is 134 cm³/mol. The molecular weight excluding hydrogens is 460 g/mol. The van der Waals surface area contributed by atoms with E-state index in [4.69, 9.17) is 4.98 Å². The molecule has 0 aliphatic heterocycles. The molecule has 1 aromatic carbocycles. The Hall–Kier alpha value is -2.49. The van der Waals surface area contributed by atoms with E-state index < -0.39 is 0 Å². The Morgan fingerprint density at radius 1 is 1.16 bits per heavy atom. The Bertz CT molecular complexity index is 1340. The molecule has 6 nitrogen and oxygen atoms in total. The van der Waals surface area contributed by atoms with Crippen molar-refractivity contribution in [3.05, 3.63) is 67.3 Å². The highest BCUT2D eigenvalue weighted by molar-refractivity contribution is 7.99. The standard InChI is InChI=1S/C23H24N4O2S3/c1-5-17-15(4)19-20(32-17)26-23(31-12-18(28)25-22-24-14(3)11-30-22)27(21(19)29)10-16-8-6-13(2)7-9-16/h6-9,11H,5,10,12H2,1-4H3,(H,24,25,28). The number of thioether (sulfide) groups is 1. The van der Waals surface area contributed by atoms with E-state index in [2.05, 4.69) is 17.2 Å². The van der Waals surface area contributed by atoms with Crippen molar-refractivity contribution in [3.8, 4) is 0 Å². The minimum Gasteiger partial charge on any atom is -0.301 e. The number of hydrogen-bond acceptors (Lipinski definition) is 7. The van der Waals surface area contributed by atoms with Gasteiger partial charge < -0.3 is 5.32 Å². The number of nitrogens with one attached hydrogen (secondary N) is 1. The van der Waals surface area contributed by atoms with Crippen LogP contribution >= 0.6 is 34.4 Å². The number of thiazole rings is 1. The van der Waals surface area contributed by atoms with Crippen molar-refractivity contribution in [3.63, 3.8) is 0 Å². The van der Waals surface area contributed by atoms with Crippen molar-refractivity contribution in [2.45, 2.75) is 45.8 Å². The molecule has 32 heavy (non-hydrogen) atoms. The Kier molecular flexibility index (Phi) is 6.78. The molecule has 9 heteroatoms. The van der Waals surface area contributed by atoms with Crippen LogP contribution in [0.2, 0.25) is 0 Å². The van der Waals surface area contributed by atoms with Crippen LogP contribution in [0.25, 0.3) is 10.2 Å². The van der Waals surface area contributed by atoms with Crippen LogP contribution in [0.3, 0.4) is 0 Å². The largest absolute Gasteiger partial charge is 0.301 e. The van der Waals surface area contributed by atoms with Crippen molar-refractivity contribution >= 4 is 55.7 Å². The summed E-state index contributed by atoms with van der Waals surface area (Å²) >= 11 is 4.24. The van der Waals surface area contributed by atoms with Crippen LogP contribution in [0.1, 0.15) is 34.2 Å². The molecule has 1 amide bonds. The minimum atomic E-state index is -0.169. The van der Waals surface area contributed by atoms with Gasteiger partial charge in [0.15, 0.2) is 10.3 Å². The highest BCUT2D eigenvalue weighted by Crippen LogP contribution is 2.30. The van der Waals surface area contributed by atoms with Crippen molar-refractivity contribution in [2.75, 3.05) is 11.1 Å². The van der Waals surface area contributed by atoms with E-state index in [1.165, 1.54) is 33.5 Å². The van der Waals surface area contributed by atoms with Crippen LogP contribution < -0.4 is 10.9 Å². The monoisotopic (exact) mass is 484 g/mol. The highest BCUT2D eigenvalue weighted by Gasteiger charge is 2.19. The summed E-state index contributed by atoms with van der Waals surface area (Å²) in [6, 6.07) is 8.12. The van der Waals surface area contributed by atoms with E-state index in [9.17, 15) is 9.59 Å². The van der Waals surface area contributed by atoms with Gasteiger partial charge in [0.1, 0.15) is 4.83 Å². The van der Waals surface area contributed by atoms with Gasteiger partial charge in [0.25, 0.3) is 5.56 Å². The number of benzene rings is 1. The molecule has 0 saturated heterocycles. The van der Waals surface area contributed by atoms with Gasteiger partial charge in [-0.15, -0.1) is 22.7 Å². The fourth-order valence-corrected chi connectivity index (χ4v) is 6.06. The van der Waals surface area contributed by atoms with E-state index in [1.54, 1.807) is 15.9 Å². The van der Waals surface area contributed by atoms with E-state index in [-0.39, 0.29) is 17.2 Å². The minimum absolute atomic E-state index is 0.0533. The zero-order valence-electron chi connectivity index (χ0n) is 18.4. The zero-order chi connectivity index (χ0) is 22.8. The van der Waals surface area contributed by atoms with Gasteiger partial charge in [-0.25, -0.2) is 9.97 Å². The maximum absolute atomic E-state index is 13.5. The summed E-state index contributed by atoms with van der Waals surface area (Å²) in [6.45, 7) is 8.41. The molecule has 0 aliphatic carbocycles. The molecule has 4 rings (SSSR count). The second kappa shape index (κ2) is 9.56. The van der Waals surface area contributed by atoms with E-state index in [0.717, 1.165) is 28.1 Å². The number of amides is 1. The van der Waals surface area contributed by atoms with Crippen LogP contribution in [0.15, 0.2) is 39.6 Å². The third-order valence-corrected chi connectivity index (χ3v) is 8.28. The van der Waals surface area contributed by atoms with Gasteiger partial charge in [-0.1, -0.05) is 48.5 Å². The molecular formula is C23H24N4O2S3. The van der Waals surface area contributed by atoms with E-state index in [1.807, 2.05) is 50.4 Å². The Morgan fingerprint density at radius 3 is 2.56 bits per heavy atom. The number of carbonyl (C=O) groups excluding carboxylic acids is 1. The third-order valence-electron chi connectivity index (χ3n) is 5.09. The first-order chi connectivity index (χ1) is 15.4. The van der Waals surface area contributed by atoms with E-state index in [0.29, 0.717) is 22.2 Å². The van der Waals surface area contributed by atoms with Crippen LogP contribution in [-0.4, -0.2) is 26.2 Å². The normalized spacial score (nSPS) is 11.2. The summed E-state index contributed by atoms with van der Waals surface area (Å²) < 4.78 is 1.69. The van der Waals surface area contributed by atoms with E-state index >= 15 is 0 Å². The number of aromatic nitrogens is 3. The van der Waals surface area contributed by atoms with Crippen LogP contribution in [0, 0.1) is 20.8 Å². The Labute approximate surface area is 198 Å². The van der Waals surface area contributed by atoms with Gasteiger partial charge in [0.05, 0.1) is 23.4 Å². The number of thiophene rings is 1. The molecule has 0 fully saturated rings. The van der Waals surface area contributed by atoms with Crippen LogP contribution in [-0.2, 0) is 17.8 Å². The molecule has 3 heterocycles. The average Bonchev–Trinajstić information content (AvgIpc) is 3.32. The first-order valence-electron chi connectivity index (χ1n) is 10.3. The number of nitrogens with zero attached hydrogens (tertiary/aromatic N) is 3. The van der Waals surface area contributed by atoms with Crippen molar-refractivity contribution in [1.29, 1.82) is 0 Å². The lowest BCUT2D eigenvalue weighted by molar-refractivity contribution is -0.113. The summed E-state index contributed by atoms with van der Waals surface area (Å²) in [5.74, 6) is -0.0210. The SMILES string of the molecule is CCc1sc2nc(SCC(=O)Nc3nc(C)cs3)n(Cc3ccc(C)cc3)c(=O)c2c1C. The molecule has 0 unspecified atom stereocenters. The van der Waals surface area contributed by atoms with Gasteiger partial charge in [0.2, 0.25) is 5.91 Å². The number of fused-ring (bicyclic) bond motifs is 1. The van der Waals surface area contributed by atoms with Gasteiger partial charge in [-0.2, -0.15) is 0 Å². The topological polar surface area (TPSA) is 76.9 Å². The molecule has 0 radical (unpaired) electrons. The van der Waals surface area contributed by atoms with Gasteiger partial charge in [-0.3, -0.25) is 14.2 Å². The molecule has 4 aromatic rings. The third kappa shape index (κ3) is 4.79. The van der Waals surface area contributed by atoms with Gasteiger partial charge in [0, 0.05) is 10.3 Å². The maximum Gasteiger partial charge on any atom is 0.263 e. The average molecular weight is 485 g/mol. The molecule has 0 spiro atoms. The molecule has 3 aromatic heterocycles. The predicted octanol–water partition coefficient (Wildman–Crippen LogP) is 5.18. The first-order valence-corrected chi connectivity index (χ1v) is 13.0. The molecule has 1 N–H and O–H groups in total. The second-order valence-corrected chi connectivity index (χ2v) is 10.5. The Morgan fingerprint density at radius 2 is 1.91 bits per heavy atom. The summed E-state index contributed by atoms with van der Waals surface area (Å²) in [6.07, 6.45) is 0.863. The van der Waals surface area contributed by atoms with Crippen LogP contribution in [0.5, 0.6) is 0 Å². The highest BCUT2D eigenvalue weighted by atomic mass is 32.2. The molecule has 0 saturated carbocycles. The summed E-state index contributed by atoms with van der Waals surface area (Å²) in [5.41, 5.74) is 4.02. The molecule has 0 atom stereocenters. The zero-order valence-corrected chi connectivity index (χ0v) is 20.8. The first kappa shape index (κ1) is 22.7. The number of hydrogen-bond donors (Lipinski definition) is 1. The van der Waals surface area contributed by atoms with Gasteiger partial charge in [-0.05, 0) is 38.3 Å². The smallest absolute Gasteiger partial charge is 0.263 e. The fraction of sp³-hybridized carbons (Fsp3) is 0.304. The van der Waals surface area contributed by atoms with Gasteiger partial charge >= 0.3 is 0 Å². The van der Waals surface area contributed by atoms with Crippen LogP contribution in [0.4, 0.5) is 5.13 Å². The van der Waals surface area contributed by atoms with Crippen molar-refractivity contribution in [2.24, 2.45) is 0 Å². The maximum atomic E-state index is 13.5. The summed E-state index contributed by atoms with van der Waals surface area (Å²) in [7, 11) is 0. The number of aryl methyl sites for hydroxylation is 4. The number of anilines is 1. The number of carbonyl (C=O) groups is 1. The Balaban J connectivity index is 1.67.